The predicted octanol–water partition coefficient (Wildman–Crippen LogP) is 1.90. The lowest BCUT2D eigenvalue weighted by Gasteiger charge is -2.20. The van der Waals surface area contributed by atoms with Gasteiger partial charge in [0.25, 0.3) is 5.91 Å². The number of halogens is 1. The molecule has 23 heavy (non-hydrogen) atoms. The molecule has 0 aliphatic rings. The summed E-state index contributed by atoms with van der Waals surface area (Å²) >= 11 is 5.82. The highest BCUT2D eigenvalue weighted by atomic mass is 35.5. The zero-order valence-electron chi connectivity index (χ0n) is 12.5. The van der Waals surface area contributed by atoms with Gasteiger partial charge in [-0.15, -0.1) is 0 Å². The molecule has 0 bridgehead atoms. The molecule has 0 radical (unpaired) electrons. The zero-order chi connectivity index (χ0) is 16.8. The SMILES string of the molecule is CC(NC(=O)c1ccoc1)C(=O)NC(CO)c1ccc(Cl)cc1. The molecule has 7 heteroatoms. The Kier molecular flexibility index (Phi) is 5.78. The van der Waals surface area contributed by atoms with Gasteiger partial charge in [-0.3, -0.25) is 9.59 Å². The number of benzene rings is 1. The Hall–Kier alpha value is -2.31. The van der Waals surface area contributed by atoms with Gasteiger partial charge in [0.05, 0.1) is 24.5 Å². The molecule has 122 valence electrons. The molecule has 0 spiro atoms. The summed E-state index contributed by atoms with van der Waals surface area (Å²) in [5.74, 6) is -0.815. The summed E-state index contributed by atoms with van der Waals surface area (Å²) in [4.78, 5) is 24.0. The normalized spacial score (nSPS) is 13.2. The first-order chi connectivity index (χ1) is 11.0. The highest BCUT2D eigenvalue weighted by Crippen LogP contribution is 2.16. The van der Waals surface area contributed by atoms with E-state index in [9.17, 15) is 14.7 Å². The van der Waals surface area contributed by atoms with E-state index in [0.717, 1.165) is 5.56 Å². The van der Waals surface area contributed by atoms with Crippen molar-refractivity contribution in [3.05, 3.63) is 59.0 Å². The van der Waals surface area contributed by atoms with Crippen molar-refractivity contribution in [3.63, 3.8) is 0 Å². The molecule has 3 N–H and O–H groups in total. The van der Waals surface area contributed by atoms with Crippen molar-refractivity contribution in [3.8, 4) is 0 Å². The Morgan fingerprint density at radius 1 is 1.22 bits per heavy atom. The van der Waals surface area contributed by atoms with Crippen LogP contribution in [0, 0.1) is 0 Å². The summed E-state index contributed by atoms with van der Waals surface area (Å²) in [7, 11) is 0. The van der Waals surface area contributed by atoms with Gasteiger partial charge in [-0.1, -0.05) is 23.7 Å². The fourth-order valence-electron chi connectivity index (χ4n) is 1.97. The molecule has 2 unspecified atom stereocenters. The molecule has 2 atom stereocenters. The summed E-state index contributed by atoms with van der Waals surface area (Å²) in [5, 5.41) is 15.3. The molecule has 2 amide bonds. The van der Waals surface area contributed by atoms with Crippen LogP contribution in [0.25, 0.3) is 0 Å². The van der Waals surface area contributed by atoms with E-state index in [-0.39, 0.29) is 6.61 Å². The van der Waals surface area contributed by atoms with E-state index in [1.54, 1.807) is 31.2 Å². The first-order valence-corrected chi connectivity index (χ1v) is 7.39. The van der Waals surface area contributed by atoms with E-state index in [1.807, 2.05) is 0 Å². The number of carbonyl (C=O) groups excluding carboxylic acids is 2. The summed E-state index contributed by atoms with van der Waals surface area (Å²) in [6.07, 6.45) is 2.67. The number of furan rings is 1. The van der Waals surface area contributed by atoms with E-state index in [1.165, 1.54) is 18.6 Å². The molecule has 1 aromatic carbocycles. The molecule has 0 saturated carbocycles. The molecule has 2 rings (SSSR count). The summed E-state index contributed by atoms with van der Waals surface area (Å²) in [5.41, 5.74) is 1.06. The van der Waals surface area contributed by atoms with Crippen LogP contribution in [0.3, 0.4) is 0 Å². The van der Waals surface area contributed by atoms with E-state index >= 15 is 0 Å². The molecule has 2 aromatic rings. The van der Waals surface area contributed by atoms with Gasteiger partial charge >= 0.3 is 0 Å². The standard InChI is InChI=1S/C16H17ClN2O4/c1-10(18-16(22)12-6-7-23-9-12)15(21)19-14(8-20)11-2-4-13(17)5-3-11/h2-7,9-10,14,20H,8H2,1H3,(H,18,22)(H,19,21). The number of rotatable bonds is 6. The van der Waals surface area contributed by atoms with Crippen molar-refractivity contribution < 1.29 is 19.1 Å². The number of hydrogen-bond acceptors (Lipinski definition) is 4. The average molecular weight is 337 g/mol. The van der Waals surface area contributed by atoms with Crippen molar-refractivity contribution >= 4 is 23.4 Å². The van der Waals surface area contributed by atoms with Crippen LogP contribution in [0.4, 0.5) is 0 Å². The van der Waals surface area contributed by atoms with Crippen molar-refractivity contribution in [2.75, 3.05) is 6.61 Å². The van der Waals surface area contributed by atoms with E-state index in [0.29, 0.717) is 10.6 Å². The van der Waals surface area contributed by atoms with Gasteiger partial charge in [-0.05, 0) is 30.7 Å². The molecule has 1 heterocycles. The Labute approximate surface area is 138 Å². The van der Waals surface area contributed by atoms with E-state index in [4.69, 9.17) is 16.0 Å². The van der Waals surface area contributed by atoms with Gasteiger partial charge in [-0.25, -0.2) is 0 Å². The first kappa shape index (κ1) is 17.1. The van der Waals surface area contributed by atoms with Crippen LogP contribution in [-0.4, -0.2) is 29.6 Å². The maximum Gasteiger partial charge on any atom is 0.255 e. The quantitative estimate of drug-likeness (QED) is 0.751. The number of carbonyl (C=O) groups is 2. The van der Waals surface area contributed by atoms with Gasteiger partial charge in [0.2, 0.25) is 5.91 Å². The minimum Gasteiger partial charge on any atom is -0.472 e. The predicted molar refractivity (Wildman–Crippen MR) is 85.1 cm³/mol. The average Bonchev–Trinajstić information content (AvgIpc) is 3.07. The second kappa shape index (κ2) is 7.80. The number of aliphatic hydroxyl groups is 1. The fraction of sp³-hybridized carbons (Fsp3) is 0.250. The molecular formula is C16H17ClN2O4. The van der Waals surface area contributed by atoms with Crippen LogP contribution in [0.1, 0.15) is 28.9 Å². The third-order valence-corrected chi connectivity index (χ3v) is 3.55. The summed E-state index contributed by atoms with van der Waals surface area (Å²) in [6.45, 7) is 1.29. The van der Waals surface area contributed by atoms with Crippen LogP contribution >= 0.6 is 11.6 Å². The summed E-state index contributed by atoms with van der Waals surface area (Å²) < 4.78 is 4.82. The first-order valence-electron chi connectivity index (χ1n) is 7.01. The highest BCUT2D eigenvalue weighted by Gasteiger charge is 2.20. The Bertz CT molecular complexity index is 655. The second-order valence-corrected chi connectivity index (χ2v) is 5.44. The second-order valence-electron chi connectivity index (χ2n) is 5.00. The summed E-state index contributed by atoms with van der Waals surface area (Å²) in [6, 6.07) is 6.96. The van der Waals surface area contributed by atoms with Gasteiger partial charge in [-0.2, -0.15) is 0 Å². The lowest BCUT2D eigenvalue weighted by Crippen LogP contribution is -2.46. The number of nitrogens with one attached hydrogen (secondary N) is 2. The van der Waals surface area contributed by atoms with Gasteiger partial charge in [0.15, 0.2) is 0 Å². The lowest BCUT2D eigenvalue weighted by atomic mass is 10.1. The van der Waals surface area contributed by atoms with Crippen LogP contribution < -0.4 is 10.6 Å². The molecule has 0 fully saturated rings. The molecular weight excluding hydrogens is 320 g/mol. The van der Waals surface area contributed by atoms with Gasteiger partial charge in [0, 0.05) is 5.02 Å². The maximum atomic E-state index is 12.2. The van der Waals surface area contributed by atoms with Gasteiger partial charge in [0.1, 0.15) is 12.3 Å². The van der Waals surface area contributed by atoms with E-state index in [2.05, 4.69) is 10.6 Å². The molecule has 0 aliphatic heterocycles. The topological polar surface area (TPSA) is 91.6 Å². The van der Waals surface area contributed by atoms with Gasteiger partial charge < -0.3 is 20.2 Å². The third kappa shape index (κ3) is 4.58. The smallest absolute Gasteiger partial charge is 0.255 e. The minimum atomic E-state index is -0.765. The van der Waals surface area contributed by atoms with Crippen LogP contribution in [0.15, 0.2) is 47.3 Å². The molecule has 1 aromatic heterocycles. The Morgan fingerprint density at radius 2 is 1.91 bits per heavy atom. The van der Waals surface area contributed by atoms with Crippen LogP contribution in [-0.2, 0) is 4.79 Å². The molecule has 0 saturated heterocycles. The fourth-order valence-corrected chi connectivity index (χ4v) is 2.09. The number of hydrogen-bond donors (Lipinski definition) is 3. The van der Waals surface area contributed by atoms with Crippen molar-refractivity contribution in [2.24, 2.45) is 0 Å². The zero-order valence-corrected chi connectivity index (χ0v) is 13.2. The number of amides is 2. The number of aliphatic hydroxyl groups excluding tert-OH is 1. The third-order valence-electron chi connectivity index (χ3n) is 3.30. The lowest BCUT2D eigenvalue weighted by molar-refractivity contribution is -0.123. The van der Waals surface area contributed by atoms with E-state index < -0.39 is 23.9 Å². The van der Waals surface area contributed by atoms with Crippen LogP contribution in [0.2, 0.25) is 5.02 Å². The van der Waals surface area contributed by atoms with Crippen molar-refractivity contribution in [2.45, 2.75) is 19.0 Å². The minimum absolute atomic E-state index is 0.268. The highest BCUT2D eigenvalue weighted by molar-refractivity contribution is 6.30. The molecule has 6 nitrogen and oxygen atoms in total. The Morgan fingerprint density at radius 3 is 2.48 bits per heavy atom. The van der Waals surface area contributed by atoms with Crippen molar-refractivity contribution in [1.82, 2.24) is 10.6 Å². The monoisotopic (exact) mass is 336 g/mol. The Balaban J connectivity index is 1.96. The molecule has 0 aliphatic carbocycles. The van der Waals surface area contributed by atoms with Crippen LogP contribution in [0.5, 0.6) is 0 Å². The largest absolute Gasteiger partial charge is 0.472 e. The maximum absolute atomic E-state index is 12.2. The van der Waals surface area contributed by atoms with Crippen molar-refractivity contribution in [1.29, 1.82) is 0 Å².